The predicted octanol–water partition coefficient (Wildman–Crippen LogP) is 4.25. The number of hydrogen-bond acceptors (Lipinski definition) is 6. The summed E-state index contributed by atoms with van der Waals surface area (Å²) in [7, 11) is 0. The number of ether oxygens (including phenoxy) is 2. The molecule has 0 saturated heterocycles. The van der Waals surface area contributed by atoms with Gasteiger partial charge in [-0.2, -0.15) is 0 Å². The van der Waals surface area contributed by atoms with Crippen molar-refractivity contribution in [2.45, 2.75) is 39.7 Å². The van der Waals surface area contributed by atoms with E-state index in [0.717, 1.165) is 11.3 Å². The SMILES string of the molecule is CC(=O)c1c(OC[C@@H](O)COc2ccccc2C(C)C)ccc2c(C)cc(=O)oc12. The van der Waals surface area contributed by atoms with Crippen LogP contribution in [0.3, 0.4) is 0 Å². The molecule has 1 heterocycles. The molecule has 0 saturated carbocycles. The molecule has 0 spiro atoms. The van der Waals surface area contributed by atoms with E-state index >= 15 is 0 Å². The van der Waals surface area contributed by atoms with Crippen LogP contribution in [0.5, 0.6) is 11.5 Å². The normalized spacial score (nSPS) is 12.2. The second kappa shape index (κ2) is 9.13. The van der Waals surface area contributed by atoms with Gasteiger partial charge < -0.3 is 19.0 Å². The first kappa shape index (κ1) is 21.6. The van der Waals surface area contributed by atoms with Gasteiger partial charge in [0.25, 0.3) is 0 Å². The lowest BCUT2D eigenvalue weighted by Gasteiger charge is -2.18. The molecule has 30 heavy (non-hydrogen) atoms. The van der Waals surface area contributed by atoms with Crippen molar-refractivity contribution in [3.05, 3.63) is 69.6 Å². The van der Waals surface area contributed by atoms with Crippen molar-refractivity contribution in [1.82, 2.24) is 0 Å². The number of carbonyl (C=O) groups is 1. The highest BCUT2D eigenvalue weighted by Gasteiger charge is 2.19. The van der Waals surface area contributed by atoms with E-state index in [4.69, 9.17) is 13.9 Å². The monoisotopic (exact) mass is 410 g/mol. The third-order valence-corrected chi connectivity index (χ3v) is 4.84. The molecule has 0 aliphatic carbocycles. The molecule has 0 bridgehead atoms. The molecular weight excluding hydrogens is 384 g/mol. The first-order valence-electron chi connectivity index (χ1n) is 9.89. The molecular formula is C24H26O6. The molecule has 0 radical (unpaired) electrons. The molecule has 0 aliphatic heterocycles. The summed E-state index contributed by atoms with van der Waals surface area (Å²) < 4.78 is 16.8. The number of rotatable bonds is 8. The third kappa shape index (κ3) is 4.71. The van der Waals surface area contributed by atoms with Gasteiger partial charge in [0, 0.05) is 11.5 Å². The smallest absolute Gasteiger partial charge is 0.336 e. The summed E-state index contributed by atoms with van der Waals surface area (Å²) in [6.07, 6.45) is -0.912. The van der Waals surface area contributed by atoms with E-state index in [2.05, 4.69) is 13.8 Å². The minimum atomic E-state index is -0.912. The van der Waals surface area contributed by atoms with Crippen LogP contribution < -0.4 is 15.1 Å². The lowest BCUT2D eigenvalue weighted by atomic mass is 10.0. The summed E-state index contributed by atoms with van der Waals surface area (Å²) in [6.45, 7) is 7.27. The van der Waals surface area contributed by atoms with Crippen LogP contribution in [0.1, 0.15) is 48.2 Å². The lowest BCUT2D eigenvalue weighted by molar-refractivity contribution is 0.0616. The first-order chi connectivity index (χ1) is 14.3. The van der Waals surface area contributed by atoms with Gasteiger partial charge >= 0.3 is 5.63 Å². The van der Waals surface area contributed by atoms with Gasteiger partial charge in [0.05, 0.1) is 0 Å². The van der Waals surface area contributed by atoms with Crippen molar-refractivity contribution in [3.8, 4) is 11.5 Å². The third-order valence-electron chi connectivity index (χ3n) is 4.84. The number of ketones is 1. The fraction of sp³-hybridized carbons (Fsp3) is 0.333. The van der Waals surface area contributed by atoms with Crippen LogP contribution in [-0.4, -0.2) is 30.2 Å². The van der Waals surface area contributed by atoms with Crippen molar-refractivity contribution in [2.24, 2.45) is 0 Å². The Morgan fingerprint density at radius 3 is 2.40 bits per heavy atom. The molecule has 1 atom stereocenters. The lowest BCUT2D eigenvalue weighted by Crippen LogP contribution is -2.25. The van der Waals surface area contributed by atoms with Crippen LogP contribution >= 0.6 is 0 Å². The van der Waals surface area contributed by atoms with E-state index in [9.17, 15) is 14.7 Å². The molecule has 0 amide bonds. The van der Waals surface area contributed by atoms with Crippen molar-refractivity contribution in [1.29, 1.82) is 0 Å². The first-order valence-corrected chi connectivity index (χ1v) is 9.89. The number of aliphatic hydroxyl groups excluding tert-OH is 1. The van der Waals surface area contributed by atoms with Crippen molar-refractivity contribution in [2.75, 3.05) is 13.2 Å². The maximum absolute atomic E-state index is 12.2. The standard InChI is InChI=1S/C24H26O6/c1-14(2)18-7-5-6-8-20(18)28-12-17(26)13-29-21-10-9-19-15(3)11-22(27)30-24(19)23(21)16(4)25/h5-11,14,17,26H,12-13H2,1-4H3/t17-/m0/s1. The van der Waals surface area contributed by atoms with Crippen LogP contribution in [0.25, 0.3) is 11.0 Å². The summed E-state index contributed by atoms with van der Waals surface area (Å²) >= 11 is 0. The number of aryl methyl sites for hydroxylation is 1. The molecule has 6 heteroatoms. The van der Waals surface area contributed by atoms with Gasteiger partial charge in [0.15, 0.2) is 11.4 Å². The molecule has 3 rings (SSSR count). The van der Waals surface area contributed by atoms with E-state index in [1.165, 1.54) is 13.0 Å². The fourth-order valence-electron chi connectivity index (χ4n) is 3.33. The zero-order chi connectivity index (χ0) is 21.8. The zero-order valence-electron chi connectivity index (χ0n) is 17.6. The maximum atomic E-state index is 12.2. The maximum Gasteiger partial charge on any atom is 0.336 e. The van der Waals surface area contributed by atoms with Gasteiger partial charge in [-0.15, -0.1) is 0 Å². The van der Waals surface area contributed by atoms with E-state index in [1.54, 1.807) is 19.1 Å². The molecule has 6 nitrogen and oxygen atoms in total. The molecule has 1 N–H and O–H groups in total. The minimum absolute atomic E-state index is 0.0426. The van der Waals surface area contributed by atoms with Crippen LogP contribution in [0, 0.1) is 6.92 Å². The summed E-state index contributed by atoms with van der Waals surface area (Å²) in [4.78, 5) is 24.0. The van der Waals surface area contributed by atoms with Gasteiger partial charge in [0.2, 0.25) is 0 Å². The highest BCUT2D eigenvalue weighted by Crippen LogP contribution is 2.30. The Morgan fingerprint density at radius 2 is 1.73 bits per heavy atom. The van der Waals surface area contributed by atoms with Gasteiger partial charge in [0.1, 0.15) is 36.4 Å². The van der Waals surface area contributed by atoms with E-state index in [-0.39, 0.29) is 35.9 Å². The molecule has 0 unspecified atom stereocenters. The van der Waals surface area contributed by atoms with Crippen LogP contribution in [0.4, 0.5) is 0 Å². The topological polar surface area (TPSA) is 86.0 Å². The van der Waals surface area contributed by atoms with Crippen molar-refractivity contribution in [3.63, 3.8) is 0 Å². The van der Waals surface area contributed by atoms with Crippen LogP contribution in [0.2, 0.25) is 0 Å². The Kier molecular flexibility index (Phi) is 6.57. The van der Waals surface area contributed by atoms with Crippen molar-refractivity contribution >= 4 is 16.8 Å². The molecule has 1 aromatic heterocycles. The van der Waals surface area contributed by atoms with Gasteiger partial charge in [-0.05, 0) is 49.1 Å². The number of aliphatic hydroxyl groups is 1. The Morgan fingerprint density at radius 1 is 1.07 bits per heavy atom. The Hall–Kier alpha value is -3.12. The van der Waals surface area contributed by atoms with E-state index in [1.807, 2.05) is 24.3 Å². The summed E-state index contributed by atoms with van der Waals surface area (Å²) in [5.41, 5.74) is 1.63. The number of fused-ring (bicyclic) bond motifs is 1. The molecule has 2 aromatic carbocycles. The Balaban J connectivity index is 1.75. The summed E-state index contributed by atoms with van der Waals surface area (Å²) in [5, 5.41) is 11.0. The van der Waals surface area contributed by atoms with Crippen molar-refractivity contribution < 1.29 is 23.8 Å². The molecule has 3 aromatic rings. The van der Waals surface area contributed by atoms with E-state index in [0.29, 0.717) is 16.9 Å². The van der Waals surface area contributed by atoms with Crippen LogP contribution in [-0.2, 0) is 0 Å². The molecule has 0 aliphatic rings. The Labute approximate surface area is 175 Å². The van der Waals surface area contributed by atoms with Gasteiger partial charge in [-0.1, -0.05) is 32.0 Å². The number of hydrogen-bond donors (Lipinski definition) is 1. The predicted molar refractivity (Wildman–Crippen MR) is 115 cm³/mol. The Bertz CT molecular complexity index is 1110. The van der Waals surface area contributed by atoms with E-state index < -0.39 is 11.7 Å². The molecule has 0 fully saturated rings. The average molecular weight is 410 g/mol. The second-order valence-electron chi connectivity index (χ2n) is 7.59. The number of carbonyl (C=O) groups excluding carboxylic acids is 1. The minimum Gasteiger partial charge on any atom is -0.490 e. The average Bonchev–Trinajstić information content (AvgIpc) is 2.69. The summed E-state index contributed by atoms with van der Waals surface area (Å²) in [5.74, 6) is 0.980. The van der Waals surface area contributed by atoms with Gasteiger partial charge in [-0.25, -0.2) is 4.79 Å². The number of benzene rings is 2. The largest absolute Gasteiger partial charge is 0.490 e. The highest BCUT2D eigenvalue weighted by atomic mass is 16.5. The molecule has 158 valence electrons. The quantitative estimate of drug-likeness (QED) is 0.441. The zero-order valence-corrected chi connectivity index (χ0v) is 17.6. The second-order valence-corrected chi connectivity index (χ2v) is 7.59. The number of para-hydroxylation sites is 1. The van der Waals surface area contributed by atoms with Gasteiger partial charge in [-0.3, -0.25) is 4.79 Å². The summed E-state index contributed by atoms with van der Waals surface area (Å²) in [6, 6.07) is 12.4. The fourth-order valence-corrected chi connectivity index (χ4v) is 3.33. The van der Waals surface area contributed by atoms with Crippen LogP contribution in [0.15, 0.2) is 51.7 Å². The number of Topliss-reactive ketones (excluding diaryl/α,β-unsaturated/α-hetero) is 1. The highest BCUT2D eigenvalue weighted by molar-refractivity contribution is 6.07.